The van der Waals surface area contributed by atoms with Gasteiger partial charge >= 0.3 is 0 Å². The quantitative estimate of drug-likeness (QED) is 0.0563. The van der Waals surface area contributed by atoms with Crippen molar-refractivity contribution in [3.8, 4) is 0 Å². The lowest BCUT2D eigenvalue weighted by atomic mass is 9.83. The van der Waals surface area contributed by atoms with Crippen molar-refractivity contribution >= 4 is 5.57 Å². The molecule has 270 valence electrons. The number of allylic oxidation sites excluding steroid dienone is 2. The lowest BCUT2D eigenvalue weighted by Gasteiger charge is -2.28. The van der Waals surface area contributed by atoms with Crippen molar-refractivity contribution in [2.75, 3.05) is 85.1 Å². The fourth-order valence-electron chi connectivity index (χ4n) is 5.75. The van der Waals surface area contributed by atoms with E-state index >= 15 is 0 Å². The second-order valence-electron chi connectivity index (χ2n) is 13.1. The summed E-state index contributed by atoms with van der Waals surface area (Å²) in [5.41, 5.74) is 23.5. The van der Waals surface area contributed by atoms with E-state index in [1.54, 1.807) is 0 Å². The Morgan fingerprint density at radius 2 is 1.04 bits per heavy atom. The topological polar surface area (TPSA) is 159 Å². The Hall–Kier alpha value is -1.86. The van der Waals surface area contributed by atoms with Gasteiger partial charge in [0.05, 0.1) is 6.10 Å². The van der Waals surface area contributed by atoms with Gasteiger partial charge in [-0.25, -0.2) is 0 Å². The monoisotopic (exact) mass is 658 g/mol. The SMILES string of the molecule is CC(C)OC1=C(CNCCCNCCCN)C=C(c2cc(CNCCCNCCCN)cc(CNCCCNCCCN)c2)C(C)C1. The normalized spacial score (nSPS) is 15.1. The molecule has 10 heteroatoms. The Kier molecular flexibility index (Phi) is 23.7. The predicted octanol–water partition coefficient (Wildman–Crippen LogP) is 2.54. The summed E-state index contributed by atoms with van der Waals surface area (Å²) in [5.74, 6) is 1.51. The highest BCUT2D eigenvalue weighted by Gasteiger charge is 2.23. The summed E-state index contributed by atoms with van der Waals surface area (Å²) in [6, 6.07) is 7.15. The van der Waals surface area contributed by atoms with Crippen LogP contribution in [-0.2, 0) is 17.8 Å². The van der Waals surface area contributed by atoms with Crippen molar-refractivity contribution < 1.29 is 4.74 Å². The molecule has 1 atom stereocenters. The fraction of sp³-hybridized carbons (Fsp3) is 0.730. The first-order valence-electron chi connectivity index (χ1n) is 18.6. The first-order chi connectivity index (χ1) is 23.0. The van der Waals surface area contributed by atoms with E-state index in [4.69, 9.17) is 21.9 Å². The van der Waals surface area contributed by atoms with Crippen LogP contribution in [0.25, 0.3) is 5.57 Å². The molecule has 10 nitrogen and oxygen atoms in total. The van der Waals surface area contributed by atoms with Gasteiger partial charge in [0.15, 0.2) is 0 Å². The number of hydrogen-bond donors (Lipinski definition) is 9. The van der Waals surface area contributed by atoms with Gasteiger partial charge in [-0.15, -0.1) is 0 Å². The molecule has 0 fully saturated rings. The molecule has 1 aliphatic rings. The molecular weight excluding hydrogens is 586 g/mol. The lowest BCUT2D eigenvalue weighted by molar-refractivity contribution is 0.133. The van der Waals surface area contributed by atoms with Gasteiger partial charge in [0.2, 0.25) is 0 Å². The van der Waals surface area contributed by atoms with Crippen LogP contribution >= 0.6 is 0 Å². The van der Waals surface area contributed by atoms with Gasteiger partial charge in [-0.1, -0.05) is 31.2 Å². The first-order valence-corrected chi connectivity index (χ1v) is 18.6. The number of hydrogen-bond acceptors (Lipinski definition) is 10. The molecule has 0 aliphatic heterocycles. The van der Waals surface area contributed by atoms with Gasteiger partial charge in [-0.3, -0.25) is 0 Å². The zero-order chi connectivity index (χ0) is 34.0. The average molecular weight is 658 g/mol. The molecule has 47 heavy (non-hydrogen) atoms. The van der Waals surface area contributed by atoms with Crippen LogP contribution in [0.15, 0.2) is 35.6 Å². The average Bonchev–Trinajstić information content (AvgIpc) is 3.05. The second-order valence-corrected chi connectivity index (χ2v) is 13.1. The van der Waals surface area contributed by atoms with E-state index in [-0.39, 0.29) is 6.10 Å². The van der Waals surface area contributed by atoms with Crippen LogP contribution in [-0.4, -0.2) is 91.2 Å². The molecule has 1 aromatic rings. The largest absolute Gasteiger partial charge is 0.495 e. The first kappa shape index (κ1) is 41.3. The highest BCUT2D eigenvalue weighted by atomic mass is 16.5. The van der Waals surface area contributed by atoms with Gasteiger partial charge in [-0.2, -0.15) is 0 Å². The summed E-state index contributed by atoms with van der Waals surface area (Å²) in [6.45, 7) is 20.3. The van der Waals surface area contributed by atoms with Gasteiger partial charge in [0.25, 0.3) is 0 Å². The van der Waals surface area contributed by atoms with Crippen LogP contribution in [0.1, 0.15) is 82.4 Å². The molecule has 0 radical (unpaired) electrons. The molecule has 0 aromatic heterocycles. The summed E-state index contributed by atoms with van der Waals surface area (Å²) in [4.78, 5) is 0. The van der Waals surface area contributed by atoms with Gasteiger partial charge in [0, 0.05) is 31.6 Å². The number of ether oxygens (including phenoxy) is 1. The highest BCUT2D eigenvalue weighted by Crippen LogP contribution is 2.37. The Balaban J connectivity index is 2.12. The lowest BCUT2D eigenvalue weighted by Crippen LogP contribution is -2.26. The minimum absolute atomic E-state index is 0.160. The molecule has 0 saturated carbocycles. The Morgan fingerprint density at radius 3 is 1.49 bits per heavy atom. The van der Waals surface area contributed by atoms with E-state index in [0.717, 1.165) is 149 Å². The van der Waals surface area contributed by atoms with Gasteiger partial charge in [-0.05, 0) is 159 Å². The summed E-state index contributed by atoms with van der Waals surface area (Å²) in [6.07, 6.45) is 9.86. The molecule has 0 spiro atoms. The summed E-state index contributed by atoms with van der Waals surface area (Å²) in [7, 11) is 0. The minimum atomic E-state index is 0.160. The molecule has 1 aliphatic carbocycles. The zero-order valence-electron chi connectivity index (χ0n) is 30.2. The van der Waals surface area contributed by atoms with E-state index in [2.05, 4.69) is 76.9 Å². The molecule has 0 heterocycles. The minimum Gasteiger partial charge on any atom is -0.495 e. The van der Waals surface area contributed by atoms with Crippen molar-refractivity contribution in [2.45, 2.75) is 84.9 Å². The number of nitrogens with one attached hydrogen (secondary N) is 6. The summed E-state index contributed by atoms with van der Waals surface area (Å²) < 4.78 is 6.37. The smallest absolute Gasteiger partial charge is 0.101 e. The number of nitrogens with two attached hydrogens (primary N) is 3. The van der Waals surface area contributed by atoms with Gasteiger partial charge in [0.1, 0.15) is 5.76 Å². The summed E-state index contributed by atoms with van der Waals surface area (Å²) >= 11 is 0. The maximum atomic E-state index is 6.37. The maximum Gasteiger partial charge on any atom is 0.101 e. The van der Waals surface area contributed by atoms with Crippen LogP contribution in [0, 0.1) is 5.92 Å². The van der Waals surface area contributed by atoms with E-state index in [1.165, 1.54) is 27.8 Å². The standard InChI is InChI=1S/C37H71N9O/c1-30(2)47-37-22-31(3)36(26-35(37)29-46-21-9-18-43-15-6-12-40)34-24-32(27-44-19-7-16-41-13-4-10-38)23-33(25-34)28-45-20-8-17-42-14-5-11-39/h23-26,30-31,41-46H,4-22,27-29,38-40H2,1-3H3. The Labute approximate surface area is 287 Å². The molecule has 12 N–H and O–H groups in total. The highest BCUT2D eigenvalue weighted by molar-refractivity contribution is 5.73. The van der Waals surface area contributed by atoms with E-state index in [0.29, 0.717) is 5.92 Å². The van der Waals surface area contributed by atoms with E-state index in [1.807, 2.05) is 0 Å². The number of rotatable bonds is 30. The molecule has 0 bridgehead atoms. The van der Waals surface area contributed by atoms with Crippen LogP contribution < -0.4 is 49.1 Å². The van der Waals surface area contributed by atoms with Crippen molar-refractivity contribution in [1.29, 1.82) is 0 Å². The third kappa shape index (κ3) is 19.1. The van der Waals surface area contributed by atoms with E-state index in [9.17, 15) is 0 Å². The Bertz CT molecular complexity index is 960. The van der Waals surface area contributed by atoms with Crippen LogP contribution in [0.2, 0.25) is 0 Å². The molecular formula is C37H71N9O. The van der Waals surface area contributed by atoms with Crippen molar-refractivity contribution in [3.05, 3.63) is 52.3 Å². The predicted molar refractivity (Wildman–Crippen MR) is 201 cm³/mol. The molecule has 0 amide bonds. The Morgan fingerprint density at radius 1 is 0.617 bits per heavy atom. The molecule has 1 unspecified atom stereocenters. The molecule has 1 aromatic carbocycles. The zero-order valence-corrected chi connectivity index (χ0v) is 30.2. The van der Waals surface area contributed by atoms with Gasteiger partial charge < -0.3 is 53.8 Å². The number of benzene rings is 1. The molecule has 0 saturated heterocycles. The van der Waals surface area contributed by atoms with Crippen LogP contribution in [0.3, 0.4) is 0 Å². The molecule has 2 rings (SSSR count). The van der Waals surface area contributed by atoms with Crippen molar-refractivity contribution in [3.63, 3.8) is 0 Å². The van der Waals surface area contributed by atoms with E-state index < -0.39 is 0 Å². The third-order valence-corrected chi connectivity index (χ3v) is 8.24. The maximum absolute atomic E-state index is 6.37. The fourth-order valence-corrected chi connectivity index (χ4v) is 5.75. The second kappa shape index (κ2) is 27.0. The summed E-state index contributed by atoms with van der Waals surface area (Å²) in [5, 5.41) is 21.5. The van der Waals surface area contributed by atoms with Crippen molar-refractivity contribution in [2.24, 2.45) is 23.1 Å². The van der Waals surface area contributed by atoms with Crippen molar-refractivity contribution in [1.82, 2.24) is 31.9 Å². The van der Waals surface area contributed by atoms with Crippen LogP contribution in [0.5, 0.6) is 0 Å². The third-order valence-electron chi connectivity index (χ3n) is 8.24. The van der Waals surface area contributed by atoms with Crippen LogP contribution in [0.4, 0.5) is 0 Å².